The van der Waals surface area contributed by atoms with Crippen molar-refractivity contribution in [1.29, 1.82) is 0 Å². The molecule has 0 saturated carbocycles. The molecule has 3 rings (SSSR count). The lowest BCUT2D eigenvalue weighted by atomic mass is 9.80. The molecule has 0 aliphatic rings. The minimum atomic E-state index is -0.855. The van der Waals surface area contributed by atoms with Crippen molar-refractivity contribution in [3.05, 3.63) is 102 Å². The Bertz CT molecular complexity index is 966. The number of thioether (sulfide) groups is 1. The van der Waals surface area contributed by atoms with E-state index in [0.717, 1.165) is 35.3 Å². The van der Waals surface area contributed by atoms with E-state index in [1.54, 1.807) is 7.11 Å². The van der Waals surface area contributed by atoms with Crippen LogP contribution in [-0.2, 0) is 19.9 Å². The normalized spacial score (nSPS) is 12.3. The molecular weight excluding hydrogens is 456 g/mol. The number of benzene rings is 3. The third-order valence-corrected chi connectivity index (χ3v) is 6.82. The van der Waals surface area contributed by atoms with Crippen LogP contribution in [0.2, 0.25) is 0 Å². The zero-order valence-corrected chi connectivity index (χ0v) is 21.8. The van der Waals surface area contributed by atoms with Crippen LogP contribution in [0.25, 0.3) is 0 Å². The van der Waals surface area contributed by atoms with Gasteiger partial charge in [0.05, 0.1) is 25.6 Å². The maximum absolute atomic E-state index is 12.5. The fourth-order valence-corrected chi connectivity index (χ4v) is 5.06. The molecule has 0 fully saturated rings. The summed E-state index contributed by atoms with van der Waals surface area (Å²) in [6.45, 7) is 5.60. The van der Waals surface area contributed by atoms with E-state index >= 15 is 0 Å². The summed E-state index contributed by atoms with van der Waals surface area (Å²) in [6.07, 6.45) is 2.32. The minimum absolute atomic E-state index is 0.106. The Morgan fingerprint density at radius 2 is 1.37 bits per heavy atom. The van der Waals surface area contributed by atoms with E-state index in [1.165, 1.54) is 11.8 Å². The molecule has 0 radical (unpaired) electrons. The first-order chi connectivity index (χ1) is 17.1. The van der Waals surface area contributed by atoms with Gasteiger partial charge in [-0.3, -0.25) is 4.79 Å². The highest BCUT2D eigenvalue weighted by molar-refractivity contribution is 8.14. The van der Waals surface area contributed by atoms with E-state index < -0.39 is 5.60 Å². The van der Waals surface area contributed by atoms with Crippen LogP contribution in [0.15, 0.2) is 84.9 Å². The monoisotopic (exact) mass is 492 g/mol. The van der Waals surface area contributed by atoms with Crippen molar-refractivity contribution in [1.82, 2.24) is 0 Å². The van der Waals surface area contributed by atoms with Gasteiger partial charge in [0.15, 0.2) is 5.12 Å². The predicted octanol–water partition coefficient (Wildman–Crippen LogP) is 6.86. The number of carbonyl (C=O) groups excluding carboxylic acids is 1. The summed E-state index contributed by atoms with van der Waals surface area (Å²) >= 11 is 1.34. The smallest absolute Gasteiger partial charge is 0.189 e. The van der Waals surface area contributed by atoms with E-state index in [-0.39, 0.29) is 10.4 Å². The zero-order chi connectivity index (χ0) is 24.9. The Hall–Kier alpha value is -2.60. The molecule has 3 aromatic carbocycles. The number of hydrogen-bond donors (Lipinski definition) is 0. The number of carbonyl (C=O) groups is 1. The fourth-order valence-electron chi connectivity index (χ4n) is 4.06. The van der Waals surface area contributed by atoms with Gasteiger partial charge in [-0.25, -0.2) is 0 Å². The van der Waals surface area contributed by atoms with Crippen molar-refractivity contribution in [3.63, 3.8) is 0 Å². The Kier molecular flexibility index (Phi) is 10.9. The maximum atomic E-state index is 12.5. The first-order valence-electron chi connectivity index (χ1n) is 12.3. The van der Waals surface area contributed by atoms with Crippen molar-refractivity contribution < 1.29 is 19.0 Å². The highest BCUT2D eigenvalue weighted by Gasteiger charge is 2.38. The molecule has 0 saturated heterocycles. The molecule has 0 spiro atoms. The van der Waals surface area contributed by atoms with E-state index in [2.05, 4.69) is 43.3 Å². The van der Waals surface area contributed by atoms with E-state index in [0.29, 0.717) is 26.2 Å². The maximum Gasteiger partial charge on any atom is 0.189 e. The second kappa shape index (κ2) is 14.1. The second-order valence-electron chi connectivity index (χ2n) is 8.39. The molecule has 186 valence electrons. The number of methoxy groups -OCH3 is 1. The largest absolute Gasteiger partial charge is 0.497 e. The predicted molar refractivity (Wildman–Crippen MR) is 144 cm³/mol. The van der Waals surface area contributed by atoms with Crippen LogP contribution in [0.4, 0.5) is 0 Å². The average Bonchev–Trinajstić information content (AvgIpc) is 2.90. The summed E-state index contributed by atoms with van der Waals surface area (Å²) in [5.74, 6) is 0.787. The molecule has 0 bridgehead atoms. The van der Waals surface area contributed by atoms with Gasteiger partial charge in [0.25, 0.3) is 0 Å². The van der Waals surface area contributed by atoms with Gasteiger partial charge in [-0.05, 0) is 41.7 Å². The van der Waals surface area contributed by atoms with Crippen LogP contribution in [0, 0.1) is 0 Å². The Morgan fingerprint density at radius 1 is 0.800 bits per heavy atom. The standard InChI is InChI=1S/C30H36O4S/c1-4-12-29(31)35-28(22-33-21-5-2)23-34-30(24-13-8-6-9-14-24,25-15-10-7-11-16-25)26-17-19-27(32-3)20-18-26/h6-11,13-20,28H,4-5,12,21-23H2,1-3H3/t28-/m1/s1. The molecule has 4 nitrogen and oxygen atoms in total. The van der Waals surface area contributed by atoms with Crippen molar-refractivity contribution in [2.75, 3.05) is 26.9 Å². The molecule has 0 N–H and O–H groups in total. The molecule has 1 atom stereocenters. The molecule has 0 aliphatic carbocycles. The second-order valence-corrected chi connectivity index (χ2v) is 9.75. The first kappa shape index (κ1) is 27.0. The molecule has 0 heterocycles. The van der Waals surface area contributed by atoms with E-state index in [9.17, 15) is 4.79 Å². The molecule has 0 aliphatic heterocycles. The fraction of sp³-hybridized carbons (Fsp3) is 0.367. The first-order valence-corrected chi connectivity index (χ1v) is 13.2. The van der Waals surface area contributed by atoms with Crippen molar-refractivity contribution >= 4 is 16.9 Å². The molecule has 5 heteroatoms. The third-order valence-electron chi connectivity index (χ3n) is 5.75. The lowest BCUT2D eigenvalue weighted by molar-refractivity contribution is -0.111. The lowest BCUT2D eigenvalue weighted by Gasteiger charge is -2.37. The van der Waals surface area contributed by atoms with Crippen LogP contribution in [0.5, 0.6) is 5.75 Å². The molecular formula is C30H36O4S. The summed E-state index contributed by atoms with van der Waals surface area (Å²) < 4.78 is 18.2. The SMILES string of the molecule is CCCOC[C@H](COC(c1ccccc1)(c1ccccc1)c1ccc(OC)cc1)SC(=O)CCC. The van der Waals surface area contributed by atoms with Gasteiger partial charge in [0, 0.05) is 13.0 Å². The van der Waals surface area contributed by atoms with Crippen molar-refractivity contribution in [3.8, 4) is 5.75 Å². The van der Waals surface area contributed by atoms with Gasteiger partial charge in [0.2, 0.25) is 0 Å². The van der Waals surface area contributed by atoms with Crippen LogP contribution in [0.3, 0.4) is 0 Å². The topological polar surface area (TPSA) is 44.8 Å². The van der Waals surface area contributed by atoms with Gasteiger partial charge < -0.3 is 14.2 Å². The highest BCUT2D eigenvalue weighted by Crippen LogP contribution is 2.41. The Morgan fingerprint density at radius 3 is 1.89 bits per heavy atom. The summed E-state index contributed by atoms with van der Waals surface area (Å²) in [7, 11) is 1.67. The van der Waals surface area contributed by atoms with Crippen molar-refractivity contribution in [2.45, 2.75) is 44.0 Å². The number of rotatable bonds is 14. The number of hydrogen-bond acceptors (Lipinski definition) is 5. The summed E-state index contributed by atoms with van der Waals surface area (Å²) in [6, 6.07) is 28.5. The van der Waals surface area contributed by atoms with Crippen LogP contribution in [-0.4, -0.2) is 37.3 Å². The van der Waals surface area contributed by atoms with Crippen LogP contribution < -0.4 is 4.74 Å². The van der Waals surface area contributed by atoms with Gasteiger partial charge in [-0.15, -0.1) is 0 Å². The lowest BCUT2D eigenvalue weighted by Crippen LogP contribution is -2.36. The average molecular weight is 493 g/mol. The summed E-state index contributed by atoms with van der Waals surface area (Å²) in [5, 5.41) is 0.0707. The van der Waals surface area contributed by atoms with Crippen LogP contribution in [0.1, 0.15) is 49.8 Å². The summed E-state index contributed by atoms with van der Waals surface area (Å²) in [4.78, 5) is 12.5. The van der Waals surface area contributed by atoms with Gasteiger partial charge in [0.1, 0.15) is 11.4 Å². The molecule has 0 amide bonds. The Labute approximate surface area is 214 Å². The molecule has 35 heavy (non-hydrogen) atoms. The van der Waals surface area contributed by atoms with E-state index in [4.69, 9.17) is 14.2 Å². The molecule has 0 aromatic heterocycles. The summed E-state index contributed by atoms with van der Waals surface area (Å²) in [5.41, 5.74) is 2.18. The Balaban J connectivity index is 2.04. The molecule has 3 aromatic rings. The highest BCUT2D eigenvalue weighted by atomic mass is 32.2. The van der Waals surface area contributed by atoms with E-state index in [1.807, 2.05) is 55.5 Å². The molecule has 0 unspecified atom stereocenters. The van der Waals surface area contributed by atoms with Gasteiger partial charge >= 0.3 is 0 Å². The third kappa shape index (κ3) is 7.20. The quantitative estimate of drug-likeness (QED) is 0.182. The van der Waals surface area contributed by atoms with Crippen LogP contribution >= 0.6 is 11.8 Å². The van der Waals surface area contributed by atoms with Gasteiger partial charge in [-0.1, -0.05) is 98.4 Å². The van der Waals surface area contributed by atoms with Gasteiger partial charge in [-0.2, -0.15) is 0 Å². The minimum Gasteiger partial charge on any atom is -0.497 e. The van der Waals surface area contributed by atoms with Crippen molar-refractivity contribution in [2.24, 2.45) is 0 Å². The zero-order valence-electron chi connectivity index (χ0n) is 20.9. The number of ether oxygens (including phenoxy) is 3.